The number of fused-ring (bicyclic) bond motifs is 2. The molecule has 1 amide bonds. The number of piperazine rings is 1. The van der Waals surface area contributed by atoms with E-state index in [0.29, 0.717) is 48.7 Å². The number of nitrogens with zero attached hydrogens (tertiary/aromatic N) is 7. The molecule has 168 valence electrons. The number of anilines is 1. The first-order chi connectivity index (χ1) is 16.7. The lowest BCUT2D eigenvalue weighted by Crippen LogP contribution is -2.51. The van der Waals surface area contributed by atoms with Crippen LogP contribution in [0.2, 0.25) is 0 Å². The molecule has 1 N–H and O–H groups in total. The third-order valence-corrected chi connectivity index (χ3v) is 6.11. The van der Waals surface area contributed by atoms with Crippen LogP contribution >= 0.6 is 0 Å². The SMILES string of the molecule is O=C(C(=O)N1CCN(c2ncnc3c2nnn3-c2ccccc2)CC1)c1c[nH]c2ccccc12. The number of ketones is 1. The van der Waals surface area contributed by atoms with E-state index in [0.717, 1.165) is 16.6 Å². The third kappa shape index (κ3) is 3.27. The van der Waals surface area contributed by atoms with Crippen molar-refractivity contribution in [1.82, 2.24) is 34.8 Å². The molecule has 3 aromatic heterocycles. The molecule has 1 aliphatic rings. The lowest BCUT2D eigenvalue weighted by molar-refractivity contribution is -0.126. The minimum Gasteiger partial charge on any atom is -0.360 e. The van der Waals surface area contributed by atoms with Crippen molar-refractivity contribution >= 4 is 39.6 Å². The number of para-hydroxylation sites is 2. The number of Topliss-reactive ketones (excluding diaryl/α,β-unsaturated/α-hetero) is 1. The molecule has 0 radical (unpaired) electrons. The van der Waals surface area contributed by atoms with E-state index in [1.807, 2.05) is 59.5 Å². The topological polar surface area (TPSA) is 113 Å². The van der Waals surface area contributed by atoms with Crippen molar-refractivity contribution in [2.24, 2.45) is 0 Å². The van der Waals surface area contributed by atoms with Gasteiger partial charge in [0.2, 0.25) is 0 Å². The maximum Gasteiger partial charge on any atom is 0.295 e. The van der Waals surface area contributed by atoms with Gasteiger partial charge in [0.05, 0.1) is 11.3 Å². The summed E-state index contributed by atoms with van der Waals surface area (Å²) in [4.78, 5) is 41.4. The molecular formula is C24H20N8O2. The van der Waals surface area contributed by atoms with Crippen molar-refractivity contribution in [2.45, 2.75) is 0 Å². The predicted molar refractivity (Wildman–Crippen MR) is 126 cm³/mol. The monoisotopic (exact) mass is 452 g/mol. The molecular weight excluding hydrogens is 432 g/mol. The first kappa shape index (κ1) is 20.0. The second kappa shape index (κ2) is 8.07. The molecule has 0 spiro atoms. The Morgan fingerprint density at radius 2 is 1.65 bits per heavy atom. The van der Waals surface area contributed by atoms with Crippen LogP contribution in [0, 0.1) is 0 Å². The Morgan fingerprint density at radius 3 is 2.47 bits per heavy atom. The van der Waals surface area contributed by atoms with Gasteiger partial charge in [0.1, 0.15) is 6.33 Å². The summed E-state index contributed by atoms with van der Waals surface area (Å²) in [6.45, 7) is 1.87. The van der Waals surface area contributed by atoms with Crippen molar-refractivity contribution in [3.8, 4) is 5.69 Å². The van der Waals surface area contributed by atoms with Gasteiger partial charge in [-0.2, -0.15) is 4.68 Å². The molecule has 1 aliphatic heterocycles. The van der Waals surface area contributed by atoms with E-state index in [1.54, 1.807) is 15.8 Å². The second-order valence-electron chi connectivity index (χ2n) is 8.06. The van der Waals surface area contributed by atoms with Gasteiger partial charge in [-0.15, -0.1) is 5.10 Å². The van der Waals surface area contributed by atoms with E-state index >= 15 is 0 Å². The van der Waals surface area contributed by atoms with Crippen molar-refractivity contribution in [3.63, 3.8) is 0 Å². The molecule has 1 fully saturated rings. The molecule has 10 nitrogen and oxygen atoms in total. The predicted octanol–water partition coefficient (Wildman–Crippen LogP) is 2.22. The molecule has 0 saturated carbocycles. The summed E-state index contributed by atoms with van der Waals surface area (Å²) >= 11 is 0. The van der Waals surface area contributed by atoms with Crippen molar-refractivity contribution in [1.29, 1.82) is 0 Å². The minimum atomic E-state index is -0.499. The van der Waals surface area contributed by atoms with Crippen LogP contribution in [-0.2, 0) is 4.79 Å². The number of carbonyl (C=O) groups is 2. The fourth-order valence-electron chi connectivity index (χ4n) is 4.35. The summed E-state index contributed by atoms with van der Waals surface area (Å²) in [5, 5.41) is 9.34. The van der Waals surface area contributed by atoms with Crippen LogP contribution in [0.1, 0.15) is 10.4 Å². The molecule has 10 heteroatoms. The first-order valence-electron chi connectivity index (χ1n) is 11.0. The minimum absolute atomic E-state index is 0.401. The zero-order valence-electron chi connectivity index (χ0n) is 18.1. The lowest BCUT2D eigenvalue weighted by atomic mass is 10.1. The van der Waals surface area contributed by atoms with Crippen LogP contribution in [0.5, 0.6) is 0 Å². The number of nitrogens with one attached hydrogen (secondary N) is 1. The number of H-pyrrole nitrogens is 1. The Hall–Kier alpha value is -4.60. The van der Waals surface area contributed by atoms with E-state index in [-0.39, 0.29) is 0 Å². The Bertz CT molecular complexity index is 1520. The number of carbonyl (C=O) groups excluding carboxylic acids is 2. The van der Waals surface area contributed by atoms with Gasteiger partial charge in [0, 0.05) is 43.3 Å². The number of amides is 1. The molecule has 0 unspecified atom stereocenters. The highest BCUT2D eigenvalue weighted by molar-refractivity contribution is 6.44. The number of hydrogen-bond acceptors (Lipinski definition) is 7. The fourth-order valence-corrected chi connectivity index (χ4v) is 4.35. The third-order valence-electron chi connectivity index (χ3n) is 6.11. The fraction of sp³-hybridized carbons (Fsp3) is 0.167. The van der Waals surface area contributed by atoms with Gasteiger partial charge in [-0.05, 0) is 18.2 Å². The Kier molecular flexibility index (Phi) is 4.76. The Balaban J connectivity index is 1.20. The Morgan fingerprint density at radius 1 is 0.882 bits per heavy atom. The first-order valence-corrected chi connectivity index (χ1v) is 11.0. The van der Waals surface area contributed by atoms with E-state index in [4.69, 9.17) is 0 Å². The van der Waals surface area contributed by atoms with Gasteiger partial charge < -0.3 is 14.8 Å². The van der Waals surface area contributed by atoms with Gasteiger partial charge in [0.15, 0.2) is 17.0 Å². The number of aromatic nitrogens is 6. The quantitative estimate of drug-likeness (QED) is 0.329. The smallest absolute Gasteiger partial charge is 0.295 e. The average Bonchev–Trinajstić information content (AvgIpc) is 3.53. The summed E-state index contributed by atoms with van der Waals surface area (Å²) in [5.41, 5.74) is 3.31. The Labute approximate surface area is 193 Å². The highest BCUT2D eigenvalue weighted by atomic mass is 16.2. The van der Waals surface area contributed by atoms with Crippen LogP contribution in [0.4, 0.5) is 5.82 Å². The number of hydrogen-bond donors (Lipinski definition) is 1. The summed E-state index contributed by atoms with van der Waals surface area (Å²) in [7, 11) is 0. The molecule has 1 saturated heterocycles. The van der Waals surface area contributed by atoms with Crippen molar-refractivity contribution in [2.75, 3.05) is 31.1 Å². The molecule has 34 heavy (non-hydrogen) atoms. The number of rotatable bonds is 4. The molecule has 6 rings (SSSR count). The van der Waals surface area contributed by atoms with Crippen molar-refractivity contribution in [3.05, 3.63) is 72.7 Å². The van der Waals surface area contributed by atoms with Crippen LogP contribution in [0.25, 0.3) is 27.8 Å². The van der Waals surface area contributed by atoms with Crippen LogP contribution in [0.15, 0.2) is 67.1 Å². The maximum absolute atomic E-state index is 12.9. The molecule has 0 bridgehead atoms. The standard InChI is InChI=1S/C24H20N8O2/c33-21(18-14-25-19-9-5-4-8-17(18)19)24(34)31-12-10-30(11-13-31)22-20-23(27-15-26-22)32(29-28-20)16-6-2-1-3-7-16/h1-9,14-15,25H,10-13H2. The van der Waals surface area contributed by atoms with E-state index in [9.17, 15) is 9.59 Å². The maximum atomic E-state index is 12.9. The zero-order valence-corrected chi connectivity index (χ0v) is 18.1. The molecule has 0 aliphatic carbocycles. The normalized spacial score (nSPS) is 14.1. The van der Waals surface area contributed by atoms with Crippen molar-refractivity contribution < 1.29 is 9.59 Å². The molecule has 0 atom stereocenters. The summed E-state index contributed by atoms with van der Waals surface area (Å²) in [5.74, 6) is -0.323. The molecule has 4 heterocycles. The highest BCUT2D eigenvalue weighted by Gasteiger charge is 2.29. The molecule has 2 aromatic carbocycles. The van der Waals surface area contributed by atoms with E-state index < -0.39 is 11.7 Å². The number of aromatic amines is 1. The second-order valence-corrected chi connectivity index (χ2v) is 8.06. The van der Waals surface area contributed by atoms with Gasteiger partial charge >= 0.3 is 0 Å². The summed E-state index contributed by atoms with van der Waals surface area (Å²) in [6, 6.07) is 17.1. The van der Waals surface area contributed by atoms with Crippen LogP contribution in [0.3, 0.4) is 0 Å². The average molecular weight is 452 g/mol. The van der Waals surface area contributed by atoms with Gasteiger partial charge in [0.25, 0.3) is 11.7 Å². The lowest BCUT2D eigenvalue weighted by Gasteiger charge is -2.34. The highest BCUT2D eigenvalue weighted by Crippen LogP contribution is 2.24. The van der Waals surface area contributed by atoms with Crippen LogP contribution in [-0.4, -0.2) is 72.7 Å². The summed E-state index contributed by atoms with van der Waals surface area (Å²) < 4.78 is 1.68. The van der Waals surface area contributed by atoms with E-state index in [2.05, 4.69) is 25.3 Å². The largest absolute Gasteiger partial charge is 0.360 e. The van der Waals surface area contributed by atoms with E-state index in [1.165, 1.54) is 6.33 Å². The summed E-state index contributed by atoms with van der Waals surface area (Å²) in [6.07, 6.45) is 3.10. The molecule has 5 aromatic rings. The van der Waals surface area contributed by atoms with Crippen LogP contribution < -0.4 is 4.90 Å². The van der Waals surface area contributed by atoms with Gasteiger partial charge in [-0.25, -0.2) is 9.97 Å². The van der Waals surface area contributed by atoms with Gasteiger partial charge in [-0.1, -0.05) is 41.6 Å². The van der Waals surface area contributed by atoms with Gasteiger partial charge in [-0.3, -0.25) is 9.59 Å². The number of benzene rings is 2. The zero-order chi connectivity index (χ0) is 23.1.